The molecule has 0 amide bonds. The maximum Gasteiger partial charge on any atom is 0.324 e. The van der Waals surface area contributed by atoms with Gasteiger partial charge in [0.25, 0.3) is 0 Å². The predicted octanol–water partition coefficient (Wildman–Crippen LogP) is 0.618. The van der Waals surface area contributed by atoms with Gasteiger partial charge < -0.3 is 10.6 Å². The number of rotatable bonds is 3. The third-order valence-electron chi connectivity index (χ3n) is 1.70. The van der Waals surface area contributed by atoms with Crippen LogP contribution in [0.15, 0.2) is 24.3 Å². The Labute approximate surface area is 76.4 Å². The molecule has 4 heteroatoms. The first-order valence-corrected chi connectivity index (χ1v) is 3.96. The highest BCUT2D eigenvalue weighted by atomic mass is 16.7. The highest BCUT2D eigenvalue weighted by molar-refractivity contribution is 5.69. The zero-order valence-corrected chi connectivity index (χ0v) is 7.19. The molecule has 1 aromatic carbocycles. The third-order valence-corrected chi connectivity index (χ3v) is 1.70. The molecule has 0 saturated heterocycles. The molecule has 0 aliphatic carbocycles. The summed E-state index contributed by atoms with van der Waals surface area (Å²) < 4.78 is 0. The second-order valence-electron chi connectivity index (χ2n) is 2.73. The minimum Gasteiger partial charge on any atom is -0.399 e. The molecule has 4 N–H and O–H groups in total. The average Bonchev–Trinajstić information content (AvgIpc) is 2.14. The summed E-state index contributed by atoms with van der Waals surface area (Å²) in [5, 5.41) is 0. The second kappa shape index (κ2) is 4.47. The number of nitrogen functional groups attached to an aromatic ring is 1. The van der Waals surface area contributed by atoms with Crippen molar-refractivity contribution in [3.63, 3.8) is 0 Å². The second-order valence-corrected chi connectivity index (χ2v) is 2.73. The molecule has 0 bridgehead atoms. The molecule has 70 valence electrons. The zero-order valence-electron chi connectivity index (χ0n) is 7.19. The van der Waals surface area contributed by atoms with Gasteiger partial charge in [-0.2, -0.15) is 5.90 Å². The van der Waals surface area contributed by atoms with Crippen molar-refractivity contribution in [3.8, 4) is 0 Å². The van der Waals surface area contributed by atoms with Gasteiger partial charge in [0.1, 0.15) is 0 Å². The number of carbonyl (C=O) groups excluding carboxylic acids is 1. The van der Waals surface area contributed by atoms with Gasteiger partial charge in [-0.1, -0.05) is 12.1 Å². The van der Waals surface area contributed by atoms with Gasteiger partial charge in [0.2, 0.25) is 0 Å². The summed E-state index contributed by atoms with van der Waals surface area (Å²) in [7, 11) is 0. The largest absolute Gasteiger partial charge is 0.399 e. The van der Waals surface area contributed by atoms with E-state index in [4.69, 9.17) is 11.6 Å². The summed E-state index contributed by atoms with van der Waals surface area (Å²) in [6.07, 6.45) is 0.876. The summed E-state index contributed by atoms with van der Waals surface area (Å²) in [4.78, 5) is 14.7. The van der Waals surface area contributed by atoms with E-state index < -0.39 is 5.97 Å². The van der Waals surface area contributed by atoms with E-state index in [1.807, 2.05) is 18.2 Å². The quantitative estimate of drug-likeness (QED) is 0.528. The van der Waals surface area contributed by atoms with E-state index >= 15 is 0 Å². The van der Waals surface area contributed by atoms with E-state index in [9.17, 15) is 4.79 Å². The van der Waals surface area contributed by atoms with E-state index in [0.29, 0.717) is 12.1 Å². The third kappa shape index (κ3) is 3.13. The van der Waals surface area contributed by atoms with E-state index in [0.717, 1.165) is 5.56 Å². The van der Waals surface area contributed by atoms with Gasteiger partial charge in [0, 0.05) is 5.69 Å². The number of carbonyl (C=O) groups is 1. The molecule has 0 spiro atoms. The Kier molecular flexibility index (Phi) is 3.28. The number of hydrogen-bond donors (Lipinski definition) is 2. The standard InChI is InChI=1S/C9H12N2O2/c10-8-3-1-2-7(6-8)4-5-9(12)13-11/h1-3,6H,4-5,10-11H2. The summed E-state index contributed by atoms with van der Waals surface area (Å²) in [6.45, 7) is 0. The van der Waals surface area contributed by atoms with Crippen LogP contribution >= 0.6 is 0 Å². The fourth-order valence-electron chi connectivity index (χ4n) is 1.05. The first-order valence-electron chi connectivity index (χ1n) is 3.96. The highest BCUT2D eigenvalue weighted by Crippen LogP contribution is 2.08. The van der Waals surface area contributed by atoms with Crippen molar-refractivity contribution in [1.82, 2.24) is 0 Å². The van der Waals surface area contributed by atoms with Crippen LogP contribution in [0.25, 0.3) is 0 Å². The molecule has 0 aliphatic rings. The molecule has 4 nitrogen and oxygen atoms in total. The molecule has 0 unspecified atom stereocenters. The lowest BCUT2D eigenvalue weighted by Crippen LogP contribution is -2.10. The first kappa shape index (κ1) is 9.54. The molecule has 0 radical (unpaired) electrons. The molecular formula is C9H12N2O2. The Morgan fingerprint density at radius 2 is 2.23 bits per heavy atom. The van der Waals surface area contributed by atoms with Gasteiger partial charge in [0.05, 0.1) is 6.42 Å². The smallest absolute Gasteiger partial charge is 0.324 e. The zero-order chi connectivity index (χ0) is 9.68. The SMILES string of the molecule is NOC(=O)CCc1cccc(N)c1. The number of aryl methyl sites for hydroxylation is 1. The molecule has 0 saturated carbocycles. The number of anilines is 1. The topological polar surface area (TPSA) is 78.3 Å². The van der Waals surface area contributed by atoms with Crippen LogP contribution in [0.3, 0.4) is 0 Å². The summed E-state index contributed by atoms with van der Waals surface area (Å²) in [5.41, 5.74) is 7.25. The van der Waals surface area contributed by atoms with Crippen molar-refractivity contribution in [2.24, 2.45) is 5.90 Å². The summed E-state index contributed by atoms with van der Waals surface area (Å²) >= 11 is 0. The van der Waals surface area contributed by atoms with Gasteiger partial charge in [-0.15, -0.1) is 0 Å². The average molecular weight is 180 g/mol. The lowest BCUT2D eigenvalue weighted by molar-refractivity contribution is -0.144. The highest BCUT2D eigenvalue weighted by Gasteiger charge is 2.01. The minimum absolute atomic E-state index is 0.278. The summed E-state index contributed by atoms with van der Waals surface area (Å²) in [5.74, 6) is 4.28. The lowest BCUT2D eigenvalue weighted by Gasteiger charge is -2.00. The lowest BCUT2D eigenvalue weighted by atomic mass is 10.1. The van der Waals surface area contributed by atoms with Crippen LogP contribution in [0.4, 0.5) is 5.69 Å². The number of nitrogens with two attached hydrogens (primary N) is 2. The molecule has 0 fully saturated rings. The fraction of sp³-hybridized carbons (Fsp3) is 0.222. The number of hydrogen-bond acceptors (Lipinski definition) is 4. The molecule has 0 aliphatic heterocycles. The van der Waals surface area contributed by atoms with Crippen LogP contribution < -0.4 is 11.6 Å². The van der Waals surface area contributed by atoms with Crippen molar-refractivity contribution in [3.05, 3.63) is 29.8 Å². The Bertz CT molecular complexity index is 299. The molecule has 1 aromatic rings. The van der Waals surface area contributed by atoms with Crippen LogP contribution in [0.5, 0.6) is 0 Å². The molecule has 13 heavy (non-hydrogen) atoms. The Balaban J connectivity index is 2.50. The molecule has 0 aromatic heterocycles. The molecule has 0 heterocycles. The molecule has 1 rings (SSSR count). The Hall–Kier alpha value is -1.55. The Morgan fingerprint density at radius 1 is 1.46 bits per heavy atom. The first-order chi connectivity index (χ1) is 6.22. The van der Waals surface area contributed by atoms with Gasteiger partial charge in [-0.05, 0) is 24.1 Å². The molecular weight excluding hydrogens is 168 g/mol. The fourth-order valence-corrected chi connectivity index (χ4v) is 1.05. The van der Waals surface area contributed by atoms with E-state index in [-0.39, 0.29) is 6.42 Å². The van der Waals surface area contributed by atoms with Gasteiger partial charge in [-0.3, -0.25) is 4.79 Å². The van der Waals surface area contributed by atoms with Crippen molar-refractivity contribution in [2.75, 3.05) is 5.73 Å². The van der Waals surface area contributed by atoms with Crippen LogP contribution in [0, 0.1) is 0 Å². The molecule has 0 atom stereocenters. The van der Waals surface area contributed by atoms with Crippen LogP contribution in [0.2, 0.25) is 0 Å². The van der Waals surface area contributed by atoms with Crippen LogP contribution in [-0.2, 0) is 16.1 Å². The minimum atomic E-state index is -0.414. The van der Waals surface area contributed by atoms with E-state index in [2.05, 4.69) is 4.84 Å². The van der Waals surface area contributed by atoms with Crippen molar-refractivity contribution in [1.29, 1.82) is 0 Å². The van der Waals surface area contributed by atoms with Crippen molar-refractivity contribution in [2.45, 2.75) is 12.8 Å². The maximum atomic E-state index is 10.7. The van der Waals surface area contributed by atoms with Crippen LogP contribution in [-0.4, -0.2) is 5.97 Å². The summed E-state index contributed by atoms with van der Waals surface area (Å²) in [6, 6.07) is 7.37. The predicted molar refractivity (Wildman–Crippen MR) is 49.5 cm³/mol. The van der Waals surface area contributed by atoms with Crippen molar-refractivity contribution >= 4 is 11.7 Å². The normalized spacial score (nSPS) is 9.62. The monoisotopic (exact) mass is 180 g/mol. The Morgan fingerprint density at radius 3 is 2.85 bits per heavy atom. The van der Waals surface area contributed by atoms with E-state index in [1.165, 1.54) is 0 Å². The van der Waals surface area contributed by atoms with E-state index in [1.54, 1.807) is 6.07 Å². The van der Waals surface area contributed by atoms with Crippen molar-refractivity contribution < 1.29 is 9.63 Å². The van der Waals surface area contributed by atoms with Gasteiger partial charge >= 0.3 is 5.97 Å². The van der Waals surface area contributed by atoms with Gasteiger partial charge in [-0.25, -0.2) is 0 Å². The van der Waals surface area contributed by atoms with Gasteiger partial charge in [0.15, 0.2) is 0 Å². The number of benzene rings is 1. The van der Waals surface area contributed by atoms with Crippen LogP contribution in [0.1, 0.15) is 12.0 Å². The maximum absolute atomic E-state index is 10.7.